The summed E-state index contributed by atoms with van der Waals surface area (Å²) in [6, 6.07) is 24.2. The predicted octanol–water partition coefficient (Wildman–Crippen LogP) is 7.38. The number of carbonyl (C=O) groups excluding carboxylic acids is 2. The number of carbonyl (C=O) groups is 2. The van der Waals surface area contributed by atoms with Crippen LogP contribution in [0, 0.1) is 6.92 Å². The zero-order valence-corrected chi connectivity index (χ0v) is 26.7. The van der Waals surface area contributed by atoms with E-state index in [1.807, 2.05) is 73.7 Å². The van der Waals surface area contributed by atoms with Crippen LogP contribution in [0.15, 0.2) is 85.1 Å². The lowest BCUT2D eigenvalue weighted by Crippen LogP contribution is -2.44. The van der Waals surface area contributed by atoms with Gasteiger partial charge in [-0.1, -0.05) is 55.3 Å². The first-order chi connectivity index (χ1) is 22.9. The van der Waals surface area contributed by atoms with Gasteiger partial charge in [0, 0.05) is 35.1 Å². The number of benzene rings is 3. The molecule has 1 fully saturated rings. The van der Waals surface area contributed by atoms with Crippen LogP contribution in [-0.4, -0.2) is 46.0 Å². The fourth-order valence-corrected chi connectivity index (χ4v) is 5.60. The molecule has 0 atom stereocenters. The molecule has 3 heterocycles. The highest BCUT2D eigenvalue weighted by atomic mass is 16.5. The quantitative estimate of drug-likeness (QED) is 0.109. The molecule has 47 heavy (non-hydrogen) atoms. The number of aryl methyl sites for hydroxylation is 2. The summed E-state index contributed by atoms with van der Waals surface area (Å²) in [5.74, 6) is 2.09. The van der Waals surface area contributed by atoms with E-state index in [1.54, 1.807) is 23.0 Å². The molecule has 0 unspecified atom stereocenters. The van der Waals surface area contributed by atoms with Crippen molar-refractivity contribution in [2.45, 2.75) is 52.0 Å². The molecule has 0 spiro atoms. The number of rotatable bonds is 10. The maximum atomic E-state index is 13.4. The van der Waals surface area contributed by atoms with Crippen molar-refractivity contribution in [1.82, 2.24) is 25.4 Å². The van der Waals surface area contributed by atoms with E-state index in [-0.39, 0.29) is 18.1 Å². The van der Waals surface area contributed by atoms with Crippen molar-refractivity contribution < 1.29 is 14.3 Å². The fourth-order valence-electron chi connectivity index (χ4n) is 5.60. The van der Waals surface area contributed by atoms with Gasteiger partial charge >= 0.3 is 12.1 Å². The third-order valence-corrected chi connectivity index (χ3v) is 8.07. The van der Waals surface area contributed by atoms with E-state index in [0.717, 1.165) is 72.9 Å². The van der Waals surface area contributed by atoms with Gasteiger partial charge in [-0.05, 0) is 76.0 Å². The summed E-state index contributed by atoms with van der Waals surface area (Å²) < 4.78 is 8.04. The Morgan fingerprint density at radius 2 is 1.70 bits per heavy atom. The van der Waals surface area contributed by atoms with Crippen LogP contribution in [0.5, 0.6) is 11.5 Å². The first-order valence-corrected chi connectivity index (χ1v) is 16.1. The Hall–Kier alpha value is -5.42. The molecule has 5 aromatic rings. The number of aromatic nitrogens is 3. The number of ether oxygens (including phenoxy) is 1. The van der Waals surface area contributed by atoms with Crippen molar-refractivity contribution in [3.05, 3.63) is 96.3 Å². The van der Waals surface area contributed by atoms with Crippen LogP contribution in [-0.2, 0) is 6.42 Å². The molecule has 11 heteroatoms. The third-order valence-electron chi connectivity index (χ3n) is 8.07. The van der Waals surface area contributed by atoms with Gasteiger partial charge in [-0.2, -0.15) is 5.10 Å². The standard InChI is InChI=1S/C36H40N8O3/c1-3-4-7-26-22-34(44(43-26)27-12-10-24(2)11-13-27)42-36(46)40-31-14-15-32(30-9-6-5-8-29(30)31)47-28-18-21-38-33(23-28)41-35(45)39-25-16-19-37-20-17-25/h5-6,8-15,18,21-23,25,37H,3-4,7,16-17,19-20H2,1-2H3,(H2,40,42,46)(H2,38,39,41,45). The molecule has 242 valence electrons. The van der Waals surface area contributed by atoms with Crippen molar-refractivity contribution in [3.63, 3.8) is 0 Å². The summed E-state index contributed by atoms with van der Waals surface area (Å²) >= 11 is 0. The van der Waals surface area contributed by atoms with Crippen LogP contribution in [0.1, 0.15) is 43.9 Å². The van der Waals surface area contributed by atoms with Gasteiger partial charge < -0.3 is 20.7 Å². The number of hydrogen-bond acceptors (Lipinski definition) is 6. The molecule has 0 aliphatic carbocycles. The second-order valence-electron chi connectivity index (χ2n) is 11.7. The molecule has 6 rings (SSSR count). The van der Waals surface area contributed by atoms with Crippen LogP contribution in [0.25, 0.3) is 16.5 Å². The van der Waals surface area contributed by atoms with Gasteiger partial charge in [0.1, 0.15) is 23.1 Å². The Bertz CT molecular complexity index is 1850. The van der Waals surface area contributed by atoms with Crippen molar-refractivity contribution in [2.24, 2.45) is 0 Å². The van der Waals surface area contributed by atoms with E-state index in [4.69, 9.17) is 9.84 Å². The topological polar surface area (TPSA) is 134 Å². The van der Waals surface area contributed by atoms with Gasteiger partial charge in [-0.3, -0.25) is 10.6 Å². The first-order valence-electron chi connectivity index (χ1n) is 16.1. The first kappa shape index (κ1) is 31.6. The number of pyridine rings is 1. The SMILES string of the molecule is CCCCc1cc(NC(=O)Nc2ccc(Oc3ccnc(NC(=O)NC4CCNCC4)c3)c3ccccc23)n(-c2ccc(C)cc2)n1. The lowest BCUT2D eigenvalue weighted by Gasteiger charge is -2.23. The van der Waals surface area contributed by atoms with Gasteiger partial charge in [-0.25, -0.2) is 19.3 Å². The minimum Gasteiger partial charge on any atom is -0.457 e. The number of fused-ring (bicyclic) bond motifs is 1. The third kappa shape index (κ3) is 8.06. The van der Waals surface area contributed by atoms with E-state index < -0.39 is 0 Å². The highest BCUT2D eigenvalue weighted by molar-refractivity contribution is 6.07. The molecule has 11 nitrogen and oxygen atoms in total. The number of urea groups is 2. The average molecular weight is 633 g/mol. The molecule has 0 radical (unpaired) electrons. The van der Waals surface area contributed by atoms with Gasteiger partial charge in [0.25, 0.3) is 0 Å². The number of amides is 4. The minimum atomic E-state index is -0.383. The summed E-state index contributed by atoms with van der Waals surface area (Å²) in [5.41, 5.74) is 3.57. The number of hydrogen-bond donors (Lipinski definition) is 5. The van der Waals surface area contributed by atoms with Crippen LogP contribution in [0.2, 0.25) is 0 Å². The summed E-state index contributed by atoms with van der Waals surface area (Å²) in [7, 11) is 0. The average Bonchev–Trinajstić information content (AvgIpc) is 3.47. The van der Waals surface area contributed by atoms with E-state index in [9.17, 15) is 9.59 Å². The van der Waals surface area contributed by atoms with Gasteiger partial charge in [-0.15, -0.1) is 0 Å². The van der Waals surface area contributed by atoms with Crippen molar-refractivity contribution in [2.75, 3.05) is 29.0 Å². The van der Waals surface area contributed by atoms with E-state index in [2.05, 4.69) is 38.5 Å². The predicted molar refractivity (Wildman–Crippen MR) is 186 cm³/mol. The maximum Gasteiger partial charge on any atom is 0.324 e. The maximum absolute atomic E-state index is 13.4. The summed E-state index contributed by atoms with van der Waals surface area (Å²) in [6.45, 7) is 5.96. The summed E-state index contributed by atoms with van der Waals surface area (Å²) in [6.07, 6.45) is 6.28. The Morgan fingerprint density at radius 1 is 0.915 bits per heavy atom. The molecular formula is C36H40N8O3. The zero-order chi connectivity index (χ0) is 32.6. The summed E-state index contributed by atoms with van der Waals surface area (Å²) in [5, 5.41) is 21.5. The number of nitrogens with one attached hydrogen (secondary N) is 5. The van der Waals surface area contributed by atoms with Gasteiger partial charge in [0.05, 0.1) is 17.1 Å². The molecule has 5 N–H and O–H groups in total. The molecule has 0 bridgehead atoms. The molecule has 0 saturated carbocycles. The highest BCUT2D eigenvalue weighted by Crippen LogP contribution is 2.35. The Kier molecular flexibility index (Phi) is 9.93. The van der Waals surface area contributed by atoms with Crippen LogP contribution in [0.3, 0.4) is 0 Å². The summed E-state index contributed by atoms with van der Waals surface area (Å²) in [4.78, 5) is 30.2. The lowest BCUT2D eigenvalue weighted by molar-refractivity contribution is 0.245. The normalized spacial score (nSPS) is 13.2. The monoisotopic (exact) mass is 632 g/mol. The smallest absolute Gasteiger partial charge is 0.324 e. The molecule has 1 aliphatic rings. The number of piperidine rings is 1. The number of unbranched alkanes of at least 4 members (excludes halogenated alkanes) is 1. The Morgan fingerprint density at radius 3 is 2.49 bits per heavy atom. The largest absolute Gasteiger partial charge is 0.457 e. The van der Waals surface area contributed by atoms with Crippen molar-refractivity contribution in [3.8, 4) is 17.2 Å². The zero-order valence-electron chi connectivity index (χ0n) is 26.7. The molecule has 1 aliphatic heterocycles. The molecule has 4 amide bonds. The van der Waals surface area contributed by atoms with Crippen molar-refractivity contribution >= 4 is 40.2 Å². The lowest BCUT2D eigenvalue weighted by atomic mass is 10.1. The van der Waals surface area contributed by atoms with Gasteiger partial charge in [0.2, 0.25) is 0 Å². The fraction of sp³-hybridized carbons (Fsp3) is 0.278. The Balaban J connectivity index is 1.17. The minimum absolute atomic E-state index is 0.134. The van der Waals surface area contributed by atoms with Gasteiger partial charge in [0.15, 0.2) is 0 Å². The second kappa shape index (κ2) is 14.8. The second-order valence-corrected chi connectivity index (χ2v) is 11.7. The molecule has 3 aromatic carbocycles. The van der Waals surface area contributed by atoms with E-state index in [1.165, 1.54) is 0 Å². The Labute approximate surface area is 274 Å². The van der Waals surface area contributed by atoms with Crippen LogP contribution in [0.4, 0.5) is 26.9 Å². The van der Waals surface area contributed by atoms with Crippen molar-refractivity contribution in [1.29, 1.82) is 0 Å². The number of nitrogens with zero attached hydrogens (tertiary/aromatic N) is 3. The molecule has 1 saturated heterocycles. The van der Waals surface area contributed by atoms with Crippen LogP contribution < -0.4 is 31.3 Å². The van der Waals surface area contributed by atoms with Crippen LogP contribution >= 0.6 is 0 Å². The van der Waals surface area contributed by atoms with E-state index >= 15 is 0 Å². The molecule has 2 aromatic heterocycles. The highest BCUT2D eigenvalue weighted by Gasteiger charge is 2.17. The molecular weight excluding hydrogens is 592 g/mol. The van der Waals surface area contributed by atoms with E-state index in [0.29, 0.717) is 28.8 Å². The number of anilines is 3.